The highest BCUT2D eigenvalue weighted by molar-refractivity contribution is 14.1. The monoisotopic (exact) mass is 942 g/mol. The van der Waals surface area contributed by atoms with Crippen LogP contribution in [-0.4, -0.2) is 5.11 Å². The fourth-order valence-corrected chi connectivity index (χ4v) is 7.92. The molecule has 0 atom stereocenters. The topological polar surface area (TPSA) is 50.4 Å². The molecule has 2 aromatic carbocycles. The van der Waals surface area contributed by atoms with Crippen LogP contribution >= 0.6 is 137 Å². The van der Waals surface area contributed by atoms with E-state index in [4.69, 9.17) is 50.8 Å². The van der Waals surface area contributed by atoms with Gasteiger partial charge >= 0.3 is 0 Å². The van der Waals surface area contributed by atoms with Gasteiger partial charge in [-0.1, -0.05) is 46.4 Å². The second kappa shape index (κ2) is 9.23. The Bertz CT molecular complexity index is 1440. The van der Waals surface area contributed by atoms with E-state index in [2.05, 4.69) is 22.6 Å². The van der Waals surface area contributed by atoms with Crippen molar-refractivity contribution < 1.29 is 9.52 Å². The molecular formula is C20H6Cl4I4O3. The minimum Gasteiger partial charge on any atom is -0.506 e. The van der Waals surface area contributed by atoms with Crippen molar-refractivity contribution in [3.8, 4) is 28.2 Å². The molecule has 0 aromatic heterocycles. The van der Waals surface area contributed by atoms with Crippen molar-refractivity contribution in [1.29, 1.82) is 0 Å². The summed E-state index contributed by atoms with van der Waals surface area (Å²) in [4.78, 5) is 12.6. The van der Waals surface area contributed by atoms with E-state index >= 15 is 0 Å². The van der Waals surface area contributed by atoms with E-state index in [1.807, 2.05) is 80.8 Å². The molecule has 1 heterocycles. The molecule has 2 aliphatic rings. The van der Waals surface area contributed by atoms with Gasteiger partial charge in [0.25, 0.3) is 0 Å². The van der Waals surface area contributed by atoms with E-state index in [9.17, 15) is 9.90 Å². The Morgan fingerprint density at radius 2 is 1.45 bits per heavy atom. The number of phenolic OH excluding ortho intramolecular Hbond substituents is 1. The number of rotatable bonds is 1. The Hall–Kier alpha value is 1.01. The van der Waals surface area contributed by atoms with E-state index in [1.165, 1.54) is 0 Å². The highest BCUT2D eigenvalue weighted by atomic mass is 127. The summed E-state index contributed by atoms with van der Waals surface area (Å²) in [5, 5.41) is 12.1. The van der Waals surface area contributed by atoms with Crippen LogP contribution < -0.4 is 5.43 Å². The fraction of sp³-hybridized carbons (Fsp3) is 0.0500. The van der Waals surface area contributed by atoms with Crippen molar-refractivity contribution in [1.82, 2.24) is 0 Å². The number of hydrogen-bond acceptors (Lipinski definition) is 3. The third kappa shape index (κ3) is 3.98. The predicted molar refractivity (Wildman–Crippen MR) is 162 cm³/mol. The van der Waals surface area contributed by atoms with Crippen LogP contribution in [-0.2, 0) is 0 Å². The molecule has 1 N–H and O–H groups in total. The summed E-state index contributed by atoms with van der Waals surface area (Å²) >= 11 is 34.0. The van der Waals surface area contributed by atoms with Crippen LogP contribution in [0.3, 0.4) is 0 Å². The minimum atomic E-state index is -0.137. The molecule has 0 fully saturated rings. The molecule has 31 heavy (non-hydrogen) atoms. The normalized spacial score (nSPS) is 11.6. The van der Waals surface area contributed by atoms with Gasteiger partial charge in [-0.05, 0) is 115 Å². The molecule has 2 aromatic rings. The molecule has 160 valence electrons. The molecule has 3 nitrogen and oxygen atoms in total. The van der Waals surface area contributed by atoms with Gasteiger partial charge in [-0.15, -0.1) is 0 Å². The molecule has 11 heteroatoms. The molecule has 0 amide bonds. The van der Waals surface area contributed by atoms with Crippen molar-refractivity contribution in [2.75, 3.05) is 0 Å². The lowest BCUT2D eigenvalue weighted by atomic mass is 9.91. The lowest BCUT2D eigenvalue weighted by Crippen LogP contribution is -2.12. The average molecular weight is 944 g/mol. The Balaban J connectivity index is 2.39. The van der Waals surface area contributed by atoms with Gasteiger partial charge in [-0.25, -0.2) is 0 Å². The third-order valence-electron chi connectivity index (χ3n) is 4.78. The van der Waals surface area contributed by atoms with Gasteiger partial charge in [0.2, 0.25) is 5.43 Å². The fourth-order valence-electron chi connectivity index (χ4n) is 3.30. The second-order valence-electron chi connectivity index (χ2n) is 6.51. The zero-order valence-electron chi connectivity index (χ0n) is 14.9. The largest absolute Gasteiger partial charge is 0.506 e. The van der Waals surface area contributed by atoms with Crippen LogP contribution in [0.4, 0.5) is 0 Å². The van der Waals surface area contributed by atoms with Gasteiger partial charge < -0.3 is 9.52 Å². The van der Waals surface area contributed by atoms with Gasteiger partial charge in [-0.2, -0.15) is 0 Å². The smallest absolute Gasteiger partial charge is 0.209 e. The Morgan fingerprint density at radius 3 is 2.10 bits per heavy atom. The molecular weight excluding hydrogens is 938 g/mol. The number of fused-ring (bicyclic) bond motifs is 2. The first kappa shape index (κ1) is 25.1. The first-order valence-corrected chi connectivity index (χ1v) is 14.1. The first-order valence-electron chi connectivity index (χ1n) is 8.25. The van der Waals surface area contributed by atoms with Crippen LogP contribution in [0.5, 0.6) is 5.75 Å². The number of aromatic hydroxyl groups is 1. The summed E-state index contributed by atoms with van der Waals surface area (Å²) in [6.07, 6.45) is 0. The summed E-state index contributed by atoms with van der Waals surface area (Å²) in [6, 6.07) is 3.57. The summed E-state index contributed by atoms with van der Waals surface area (Å²) in [6.45, 7) is 1.81. The van der Waals surface area contributed by atoms with Crippen LogP contribution in [0, 0.1) is 21.2 Å². The summed E-state index contributed by atoms with van der Waals surface area (Å²) in [5.74, 6) is 0.491. The van der Waals surface area contributed by atoms with E-state index in [1.54, 1.807) is 6.07 Å². The molecule has 0 saturated heterocycles. The predicted octanol–water partition coefficient (Wildman–Crippen LogP) is 9.61. The van der Waals surface area contributed by atoms with Gasteiger partial charge in [0, 0.05) is 22.1 Å². The van der Waals surface area contributed by atoms with Crippen LogP contribution in [0.15, 0.2) is 21.3 Å². The van der Waals surface area contributed by atoms with E-state index < -0.39 is 0 Å². The maximum atomic E-state index is 12.6. The van der Waals surface area contributed by atoms with E-state index in [0.29, 0.717) is 58.3 Å². The van der Waals surface area contributed by atoms with Crippen LogP contribution in [0.1, 0.15) is 5.56 Å². The van der Waals surface area contributed by atoms with Gasteiger partial charge in [-0.3, -0.25) is 4.79 Å². The molecule has 0 unspecified atom stereocenters. The maximum absolute atomic E-state index is 12.6. The number of benzene rings is 3. The van der Waals surface area contributed by atoms with Crippen molar-refractivity contribution in [3.63, 3.8) is 0 Å². The average Bonchev–Trinajstić information content (AvgIpc) is 2.74. The SMILES string of the molecule is Cc1c(Cl)c(Cl)c(Cl)c(Cl)c1-c1c2cc(I)c(=O)c(I)c-2oc2c(I)c(O)c(I)cc12. The van der Waals surface area contributed by atoms with Gasteiger partial charge in [0.05, 0.1) is 30.8 Å². The first-order chi connectivity index (χ1) is 14.5. The summed E-state index contributed by atoms with van der Waals surface area (Å²) in [5.41, 5.74) is 2.90. The van der Waals surface area contributed by atoms with Gasteiger partial charge in [0.1, 0.15) is 9.32 Å². The zero-order valence-corrected chi connectivity index (χ0v) is 26.6. The van der Waals surface area contributed by atoms with E-state index in [-0.39, 0.29) is 26.2 Å². The highest BCUT2D eigenvalue weighted by Gasteiger charge is 2.29. The second-order valence-corrected chi connectivity index (χ2v) is 12.5. The maximum Gasteiger partial charge on any atom is 0.209 e. The lowest BCUT2D eigenvalue weighted by molar-refractivity contribution is 0.466. The van der Waals surface area contributed by atoms with Crippen LogP contribution in [0.25, 0.3) is 33.4 Å². The number of hydrogen-bond donors (Lipinski definition) is 1. The molecule has 0 saturated carbocycles. The highest BCUT2D eigenvalue weighted by Crippen LogP contribution is 2.52. The molecule has 0 spiro atoms. The zero-order chi connectivity index (χ0) is 22.9. The van der Waals surface area contributed by atoms with Crippen LogP contribution in [0.2, 0.25) is 20.1 Å². The molecule has 4 rings (SSSR count). The summed E-state index contributed by atoms with van der Waals surface area (Å²) < 4.78 is 8.30. The summed E-state index contributed by atoms with van der Waals surface area (Å²) in [7, 11) is 0. The third-order valence-corrected chi connectivity index (χ3v) is 10.3. The molecule has 0 bridgehead atoms. The molecule has 1 aliphatic carbocycles. The Morgan fingerprint density at radius 1 is 0.839 bits per heavy atom. The van der Waals surface area contributed by atoms with Crippen molar-refractivity contribution in [3.05, 3.63) is 62.3 Å². The molecule has 1 aliphatic heterocycles. The van der Waals surface area contributed by atoms with E-state index in [0.717, 1.165) is 0 Å². The Kier molecular flexibility index (Phi) is 7.48. The quantitative estimate of drug-likeness (QED) is 0.0896. The van der Waals surface area contributed by atoms with Crippen molar-refractivity contribution in [2.45, 2.75) is 6.92 Å². The molecule has 0 radical (unpaired) electrons. The minimum absolute atomic E-state index is 0.0978. The van der Waals surface area contributed by atoms with Crippen molar-refractivity contribution >= 4 is 148 Å². The standard InChI is InChI=1S/C20H6Cl4I4O3/c1-4-9(12(22)14(24)13(23)11(4)21)10-5-2-7(25)17(29)15(27)19(5)31-20-6(10)3-8(26)18(30)16(20)28/h2-3,29H,1H3. The number of halogens is 8. The van der Waals surface area contributed by atoms with Crippen molar-refractivity contribution in [2.24, 2.45) is 0 Å². The number of phenols is 1. The Labute approximate surface area is 251 Å². The van der Waals surface area contributed by atoms with Gasteiger partial charge in [0.15, 0.2) is 11.3 Å². The lowest BCUT2D eigenvalue weighted by Gasteiger charge is -2.21.